The molecule has 1 aliphatic rings. The number of nitrogens with zero attached hydrogens (tertiary/aromatic N) is 3. The number of aromatic nitrogens is 3. The topological polar surface area (TPSA) is 135 Å². The number of carbonyl (C=O) groups is 3. The maximum Gasteiger partial charge on any atom is 0.387 e. The Bertz CT molecular complexity index is 1550. The molecule has 0 saturated carbocycles. The van der Waals surface area contributed by atoms with E-state index in [1.165, 1.54) is 41.0 Å². The SMILES string of the molecule is O=C(O)c1ccc2c(c1)CC[C@@H]2NC(=O)c1cc(C(=O)NCc2cccc(OC(F)F)c2)nc2ccnn12. The molecule has 0 radical (unpaired) electrons. The number of fused-ring (bicyclic) bond motifs is 2. The molecule has 0 saturated heterocycles. The molecular formula is C26H21F2N5O5. The van der Waals surface area contributed by atoms with Gasteiger partial charge in [-0.25, -0.2) is 14.3 Å². The summed E-state index contributed by atoms with van der Waals surface area (Å²) in [6.45, 7) is -2.94. The zero-order valence-electron chi connectivity index (χ0n) is 19.7. The van der Waals surface area contributed by atoms with Crippen LogP contribution < -0.4 is 15.4 Å². The molecule has 1 aliphatic carbocycles. The van der Waals surface area contributed by atoms with E-state index in [0.29, 0.717) is 18.4 Å². The van der Waals surface area contributed by atoms with E-state index in [2.05, 4.69) is 25.5 Å². The number of carboxylic acid groups (broad SMARTS) is 1. The Morgan fingerprint density at radius 2 is 1.95 bits per heavy atom. The first-order chi connectivity index (χ1) is 18.3. The molecule has 2 aromatic carbocycles. The number of hydrogen-bond donors (Lipinski definition) is 3. The lowest BCUT2D eigenvalue weighted by Gasteiger charge is -2.15. The summed E-state index contributed by atoms with van der Waals surface area (Å²) in [6, 6.07) is 13.3. The number of aromatic carboxylic acids is 1. The van der Waals surface area contributed by atoms with E-state index in [0.717, 1.165) is 11.1 Å². The fraction of sp³-hybridized carbons (Fsp3) is 0.192. The van der Waals surface area contributed by atoms with Crippen molar-refractivity contribution in [1.29, 1.82) is 0 Å². The lowest BCUT2D eigenvalue weighted by molar-refractivity contribution is -0.0499. The molecule has 2 heterocycles. The number of nitrogens with one attached hydrogen (secondary N) is 2. The van der Waals surface area contributed by atoms with Crippen molar-refractivity contribution >= 4 is 23.4 Å². The van der Waals surface area contributed by atoms with Crippen LogP contribution in [0.5, 0.6) is 5.75 Å². The average molecular weight is 521 g/mol. The standard InChI is InChI=1S/C26H21F2N5O5/c27-26(28)38-17-3-1-2-14(10-17)13-29-23(34)20-12-21(33-22(31-20)8-9-30-33)24(35)32-19-7-5-15-11-16(25(36)37)4-6-18(15)19/h1-4,6,8-12,19,26H,5,7,13H2,(H,29,34)(H,32,35)(H,36,37)/t19-/m0/s1. The highest BCUT2D eigenvalue weighted by molar-refractivity contribution is 5.98. The summed E-state index contributed by atoms with van der Waals surface area (Å²) in [5, 5.41) is 19.0. The van der Waals surface area contributed by atoms with Gasteiger partial charge in [0, 0.05) is 18.7 Å². The summed E-state index contributed by atoms with van der Waals surface area (Å²) in [4.78, 5) is 41.7. The first-order valence-corrected chi connectivity index (χ1v) is 11.6. The van der Waals surface area contributed by atoms with Crippen molar-refractivity contribution in [2.24, 2.45) is 0 Å². The first-order valence-electron chi connectivity index (χ1n) is 11.6. The predicted molar refractivity (Wildman–Crippen MR) is 129 cm³/mol. The molecule has 38 heavy (non-hydrogen) atoms. The Kier molecular flexibility index (Phi) is 6.69. The number of halogens is 2. The van der Waals surface area contributed by atoms with Crippen LogP contribution in [0.25, 0.3) is 5.65 Å². The zero-order valence-corrected chi connectivity index (χ0v) is 19.7. The van der Waals surface area contributed by atoms with Crippen LogP contribution in [0.4, 0.5) is 8.78 Å². The molecule has 0 fully saturated rings. The summed E-state index contributed by atoms with van der Waals surface area (Å²) in [7, 11) is 0. The summed E-state index contributed by atoms with van der Waals surface area (Å²) in [5.41, 5.74) is 2.77. The first kappa shape index (κ1) is 24.8. The van der Waals surface area contributed by atoms with Crippen molar-refractivity contribution in [2.75, 3.05) is 0 Å². The van der Waals surface area contributed by atoms with Gasteiger partial charge in [0.25, 0.3) is 11.8 Å². The minimum atomic E-state index is -2.96. The molecule has 0 unspecified atom stereocenters. The molecule has 0 aliphatic heterocycles. The van der Waals surface area contributed by atoms with Gasteiger partial charge in [-0.05, 0) is 53.8 Å². The van der Waals surface area contributed by atoms with Gasteiger partial charge in [-0.2, -0.15) is 13.9 Å². The van der Waals surface area contributed by atoms with Crippen LogP contribution in [0.1, 0.15) is 60.5 Å². The fourth-order valence-electron chi connectivity index (χ4n) is 4.43. The lowest BCUT2D eigenvalue weighted by Crippen LogP contribution is -2.30. The highest BCUT2D eigenvalue weighted by Crippen LogP contribution is 2.32. The molecular weight excluding hydrogens is 500 g/mol. The van der Waals surface area contributed by atoms with Gasteiger partial charge in [-0.3, -0.25) is 9.59 Å². The third-order valence-electron chi connectivity index (χ3n) is 6.17. The summed E-state index contributed by atoms with van der Waals surface area (Å²) in [5.74, 6) is -2.10. The molecule has 5 rings (SSSR count). The maximum absolute atomic E-state index is 13.3. The van der Waals surface area contributed by atoms with Gasteiger partial charge in [-0.1, -0.05) is 18.2 Å². The molecule has 2 amide bonds. The normalized spacial score (nSPS) is 14.3. The lowest BCUT2D eigenvalue weighted by atomic mass is 10.0. The number of rotatable bonds is 8. The minimum Gasteiger partial charge on any atom is -0.478 e. The second-order valence-electron chi connectivity index (χ2n) is 8.62. The van der Waals surface area contributed by atoms with E-state index >= 15 is 0 Å². The van der Waals surface area contributed by atoms with E-state index in [9.17, 15) is 28.3 Å². The Balaban J connectivity index is 1.33. The summed E-state index contributed by atoms with van der Waals surface area (Å²) >= 11 is 0. The highest BCUT2D eigenvalue weighted by Gasteiger charge is 2.27. The van der Waals surface area contributed by atoms with Gasteiger partial charge in [0.15, 0.2) is 5.65 Å². The van der Waals surface area contributed by atoms with E-state index in [1.807, 2.05) is 0 Å². The molecule has 2 aromatic heterocycles. The summed E-state index contributed by atoms with van der Waals surface area (Å²) in [6.07, 6.45) is 2.67. The number of ether oxygens (including phenoxy) is 1. The van der Waals surface area contributed by atoms with Gasteiger partial charge in [0.2, 0.25) is 0 Å². The number of alkyl halides is 2. The van der Waals surface area contributed by atoms with Crippen LogP contribution in [-0.2, 0) is 13.0 Å². The zero-order chi connectivity index (χ0) is 26.8. The average Bonchev–Trinajstić information content (AvgIpc) is 3.53. The van der Waals surface area contributed by atoms with Gasteiger partial charge >= 0.3 is 12.6 Å². The molecule has 10 nitrogen and oxygen atoms in total. The smallest absolute Gasteiger partial charge is 0.387 e. The van der Waals surface area contributed by atoms with Crippen LogP contribution in [0.15, 0.2) is 60.8 Å². The van der Waals surface area contributed by atoms with Crippen LogP contribution in [-0.4, -0.2) is 44.1 Å². The van der Waals surface area contributed by atoms with Crippen LogP contribution in [0.2, 0.25) is 0 Å². The van der Waals surface area contributed by atoms with Crippen LogP contribution >= 0.6 is 0 Å². The van der Waals surface area contributed by atoms with Crippen LogP contribution in [0.3, 0.4) is 0 Å². The van der Waals surface area contributed by atoms with Crippen LogP contribution in [0, 0.1) is 0 Å². The van der Waals surface area contributed by atoms with Crippen molar-refractivity contribution in [1.82, 2.24) is 25.2 Å². The van der Waals surface area contributed by atoms with Gasteiger partial charge in [0.05, 0.1) is 17.8 Å². The largest absolute Gasteiger partial charge is 0.478 e. The molecule has 1 atom stereocenters. The third kappa shape index (κ3) is 5.14. The Hall–Kier alpha value is -4.87. The fourth-order valence-corrected chi connectivity index (χ4v) is 4.43. The highest BCUT2D eigenvalue weighted by atomic mass is 19.3. The molecule has 0 bridgehead atoms. The molecule has 3 N–H and O–H groups in total. The second kappa shape index (κ2) is 10.2. The molecule has 0 spiro atoms. The monoisotopic (exact) mass is 521 g/mol. The minimum absolute atomic E-state index is 0.0180. The summed E-state index contributed by atoms with van der Waals surface area (Å²) < 4.78 is 30.7. The third-order valence-corrected chi connectivity index (χ3v) is 6.17. The Morgan fingerprint density at radius 1 is 1.11 bits per heavy atom. The predicted octanol–water partition coefficient (Wildman–Crippen LogP) is 3.38. The molecule has 12 heteroatoms. The molecule has 4 aromatic rings. The van der Waals surface area contributed by atoms with Crippen molar-refractivity contribution < 1.29 is 33.0 Å². The Morgan fingerprint density at radius 3 is 2.74 bits per heavy atom. The maximum atomic E-state index is 13.3. The number of amides is 2. The number of aryl methyl sites for hydroxylation is 1. The van der Waals surface area contributed by atoms with Crippen molar-refractivity contribution in [3.63, 3.8) is 0 Å². The number of carbonyl (C=O) groups excluding carboxylic acids is 2. The van der Waals surface area contributed by atoms with Crippen molar-refractivity contribution in [3.8, 4) is 5.75 Å². The molecule has 194 valence electrons. The second-order valence-corrected chi connectivity index (χ2v) is 8.62. The van der Waals surface area contributed by atoms with E-state index in [1.54, 1.807) is 24.3 Å². The van der Waals surface area contributed by atoms with E-state index in [4.69, 9.17) is 0 Å². The quantitative estimate of drug-likeness (QED) is 0.324. The van der Waals surface area contributed by atoms with Gasteiger partial charge < -0.3 is 20.5 Å². The number of carboxylic acids is 1. The van der Waals surface area contributed by atoms with E-state index < -0.39 is 24.4 Å². The number of benzene rings is 2. The Labute approximate surface area is 214 Å². The number of hydrogen-bond acceptors (Lipinski definition) is 6. The van der Waals surface area contributed by atoms with Crippen molar-refractivity contribution in [3.05, 3.63) is 94.4 Å². The van der Waals surface area contributed by atoms with Crippen molar-refractivity contribution in [2.45, 2.75) is 32.0 Å². The van der Waals surface area contributed by atoms with E-state index in [-0.39, 0.29) is 40.9 Å². The van der Waals surface area contributed by atoms with Gasteiger partial charge in [0.1, 0.15) is 17.1 Å². The van der Waals surface area contributed by atoms with Gasteiger partial charge in [-0.15, -0.1) is 0 Å².